The number of carbonyl (C=O) groups excluding carboxylic acids is 2. The fraction of sp³-hybridized carbons (Fsp3) is 0.517. The van der Waals surface area contributed by atoms with Crippen molar-refractivity contribution in [2.75, 3.05) is 45.2 Å². The summed E-state index contributed by atoms with van der Waals surface area (Å²) >= 11 is 0. The lowest BCUT2D eigenvalue weighted by molar-refractivity contribution is -0.906. The summed E-state index contributed by atoms with van der Waals surface area (Å²) in [7, 11) is 2.15. The predicted octanol–water partition coefficient (Wildman–Crippen LogP) is 3.33. The van der Waals surface area contributed by atoms with Crippen LogP contribution >= 0.6 is 0 Å². The first kappa shape index (κ1) is 31.6. The minimum Gasteiger partial charge on any atom is -1.00 e. The van der Waals surface area contributed by atoms with Crippen LogP contribution in [0.5, 0.6) is 5.75 Å². The molecular formula is C29H43BrN2O4. The van der Waals surface area contributed by atoms with E-state index in [1.54, 1.807) is 30.3 Å². The number of para-hydroxylation sites is 2. The van der Waals surface area contributed by atoms with Gasteiger partial charge in [0.2, 0.25) is 0 Å². The van der Waals surface area contributed by atoms with Crippen LogP contribution in [-0.2, 0) is 4.74 Å². The van der Waals surface area contributed by atoms with Gasteiger partial charge in [-0.3, -0.25) is 4.79 Å². The highest BCUT2D eigenvalue weighted by Crippen LogP contribution is 2.22. The van der Waals surface area contributed by atoms with E-state index in [2.05, 4.69) is 33.1 Å². The molecule has 0 atom stereocenters. The lowest BCUT2D eigenvalue weighted by atomic mass is 10.1. The van der Waals surface area contributed by atoms with E-state index in [4.69, 9.17) is 9.47 Å². The Morgan fingerprint density at radius 2 is 1.42 bits per heavy atom. The molecule has 0 aliphatic rings. The normalized spacial score (nSPS) is 10.9. The van der Waals surface area contributed by atoms with Crippen LogP contribution in [0, 0.1) is 0 Å². The van der Waals surface area contributed by atoms with Gasteiger partial charge in [0.25, 0.3) is 5.91 Å². The largest absolute Gasteiger partial charge is 1.00 e. The molecule has 0 unspecified atom stereocenters. The number of halogens is 1. The van der Waals surface area contributed by atoms with E-state index >= 15 is 0 Å². The topological polar surface area (TPSA) is 64.6 Å². The summed E-state index contributed by atoms with van der Waals surface area (Å²) in [4.78, 5) is 25.9. The van der Waals surface area contributed by atoms with Crippen molar-refractivity contribution in [2.24, 2.45) is 0 Å². The van der Waals surface area contributed by atoms with Crippen molar-refractivity contribution < 1.29 is 40.5 Å². The lowest BCUT2D eigenvalue weighted by Gasteiger charge is -2.31. The second-order valence-electron chi connectivity index (χ2n) is 9.22. The minimum atomic E-state index is -0.438. The third-order valence-electron chi connectivity index (χ3n) is 6.67. The summed E-state index contributed by atoms with van der Waals surface area (Å²) in [5.74, 6) is -0.202. The molecule has 0 aliphatic heterocycles. The molecule has 2 rings (SSSR count). The first-order chi connectivity index (χ1) is 16.9. The Hall–Kier alpha value is -2.38. The van der Waals surface area contributed by atoms with Crippen LogP contribution in [0.15, 0.2) is 48.5 Å². The Kier molecular flexibility index (Phi) is 15.1. The second-order valence-corrected chi connectivity index (χ2v) is 9.22. The molecule has 2 aromatic rings. The highest BCUT2D eigenvalue weighted by atomic mass is 79.9. The van der Waals surface area contributed by atoms with Crippen LogP contribution in [-0.4, -0.2) is 56.3 Å². The van der Waals surface area contributed by atoms with Crippen molar-refractivity contribution >= 4 is 17.6 Å². The molecule has 1 amide bonds. The van der Waals surface area contributed by atoms with Gasteiger partial charge in [0.1, 0.15) is 18.9 Å². The number of quaternary nitrogens is 1. The van der Waals surface area contributed by atoms with Crippen LogP contribution < -0.4 is 27.0 Å². The molecule has 0 saturated carbocycles. The molecule has 0 spiro atoms. The number of nitrogens with zero attached hydrogens (tertiary/aromatic N) is 1. The highest BCUT2D eigenvalue weighted by Gasteiger charge is 2.20. The first-order valence-corrected chi connectivity index (χ1v) is 13.1. The molecule has 200 valence electrons. The van der Waals surface area contributed by atoms with E-state index in [9.17, 15) is 9.59 Å². The molecular weight excluding hydrogens is 520 g/mol. The Labute approximate surface area is 227 Å². The molecule has 0 saturated heterocycles. The standard InChI is InChI=1S/C29H42N2O4.BrH/c1-5-8-9-10-11-16-22-34-27-20-15-13-18-25(27)28(32)30-26-19-14-12-17-24(26)29(33)35-23-21-31(4,6-2)7-3;/h12-15,17-20H,5-11,16,21-23H2,1-4H3;1H. The molecule has 0 bridgehead atoms. The van der Waals surface area contributed by atoms with Crippen LogP contribution in [0.1, 0.15) is 80.0 Å². The fourth-order valence-electron chi connectivity index (χ4n) is 3.78. The minimum absolute atomic E-state index is 0. The van der Waals surface area contributed by atoms with Gasteiger partial charge < -0.3 is 36.3 Å². The van der Waals surface area contributed by atoms with Crippen molar-refractivity contribution in [3.63, 3.8) is 0 Å². The van der Waals surface area contributed by atoms with Crippen LogP contribution in [0.25, 0.3) is 0 Å². The van der Waals surface area contributed by atoms with Gasteiger partial charge >= 0.3 is 5.97 Å². The van der Waals surface area contributed by atoms with Gasteiger partial charge in [-0.15, -0.1) is 0 Å². The van der Waals surface area contributed by atoms with Crippen LogP contribution in [0.2, 0.25) is 0 Å². The molecule has 0 aliphatic carbocycles. The lowest BCUT2D eigenvalue weighted by Crippen LogP contribution is -3.00. The van der Waals surface area contributed by atoms with Crippen LogP contribution in [0.4, 0.5) is 5.69 Å². The van der Waals surface area contributed by atoms with Crippen molar-refractivity contribution in [1.82, 2.24) is 0 Å². The van der Waals surface area contributed by atoms with Gasteiger partial charge in [0.15, 0.2) is 0 Å². The number of esters is 1. The van der Waals surface area contributed by atoms with E-state index in [0.29, 0.717) is 35.8 Å². The first-order valence-electron chi connectivity index (χ1n) is 13.1. The summed E-state index contributed by atoms with van der Waals surface area (Å²) in [5, 5.41) is 2.88. The summed E-state index contributed by atoms with van der Waals surface area (Å²) in [6.45, 7) is 10.1. The number of carbonyl (C=O) groups is 2. The van der Waals surface area contributed by atoms with Crippen molar-refractivity contribution in [3.8, 4) is 5.75 Å². The maximum atomic E-state index is 13.1. The van der Waals surface area contributed by atoms with Gasteiger partial charge in [0.05, 0.1) is 43.6 Å². The van der Waals surface area contributed by atoms with E-state index in [0.717, 1.165) is 37.0 Å². The van der Waals surface area contributed by atoms with Gasteiger partial charge in [-0.1, -0.05) is 63.3 Å². The zero-order valence-electron chi connectivity index (χ0n) is 22.4. The average Bonchev–Trinajstić information content (AvgIpc) is 2.88. The summed E-state index contributed by atoms with van der Waals surface area (Å²) in [6.07, 6.45) is 7.06. The molecule has 0 radical (unpaired) electrons. The van der Waals surface area contributed by atoms with Gasteiger partial charge in [-0.2, -0.15) is 0 Å². The maximum absolute atomic E-state index is 13.1. The van der Waals surface area contributed by atoms with Gasteiger partial charge in [-0.25, -0.2) is 4.79 Å². The highest BCUT2D eigenvalue weighted by molar-refractivity contribution is 6.09. The molecule has 0 aromatic heterocycles. The number of nitrogens with one attached hydrogen (secondary N) is 1. The smallest absolute Gasteiger partial charge is 0.340 e. The number of hydrogen-bond acceptors (Lipinski definition) is 4. The second kappa shape index (κ2) is 17.1. The third-order valence-corrected chi connectivity index (χ3v) is 6.67. The van der Waals surface area contributed by atoms with Gasteiger partial charge in [-0.05, 0) is 44.5 Å². The Bertz CT molecular complexity index is 931. The Morgan fingerprint density at radius 3 is 2.11 bits per heavy atom. The number of unbranched alkanes of at least 4 members (excludes halogenated alkanes) is 5. The zero-order valence-corrected chi connectivity index (χ0v) is 23.9. The number of ether oxygens (including phenoxy) is 2. The van der Waals surface area contributed by atoms with Crippen molar-refractivity contribution in [3.05, 3.63) is 59.7 Å². The number of amides is 1. The number of rotatable bonds is 16. The Balaban J connectivity index is 0.00000648. The summed E-state index contributed by atoms with van der Waals surface area (Å²) in [6, 6.07) is 14.2. The number of benzene rings is 2. The predicted molar refractivity (Wildman–Crippen MR) is 142 cm³/mol. The van der Waals surface area contributed by atoms with E-state index in [1.165, 1.54) is 25.7 Å². The third kappa shape index (κ3) is 10.3. The number of hydrogen-bond donors (Lipinski definition) is 1. The molecule has 2 aromatic carbocycles. The van der Waals surface area contributed by atoms with Crippen molar-refractivity contribution in [2.45, 2.75) is 59.3 Å². The molecule has 0 fully saturated rings. The van der Waals surface area contributed by atoms with E-state index in [1.807, 2.05) is 18.2 Å². The molecule has 36 heavy (non-hydrogen) atoms. The monoisotopic (exact) mass is 562 g/mol. The zero-order chi connectivity index (χ0) is 25.5. The number of likely N-dealkylation sites (N-methyl/N-ethyl adjacent to an activating group) is 1. The van der Waals surface area contributed by atoms with E-state index in [-0.39, 0.29) is 22.9 Å². The molecule has 1 N–H and O–H groups in total. The van der Waals surface area contributed by atoms with Crippen molar-refractivity contribution in [1.29, 1.82) is 0 Å². The average molecular weight is 564 g/mol. The fourth-order valence-corrected chi connectivity index (χ4v) is 3.78. The quantitative estimate of drug-likeness (QED) is 0.193. The molecule has 6 nitrogen and oxygen atoms in total. The summed E-state index contributed by atoms with van der Waals surface area (Å²) < 4.78 is 12.3. The molecule has 7 heteroatoms. The Morgan fingerprint density at radius 1 is 0.806 bits per heavy atom. The van der Waals surface area contributed by atoms with E-state index < -0.39 is 5.97 Å². The summed E-state index contributed by atoms with van der Waals surface area (Å²) in [5.41, 5.74) is 1.21. The SMILES string of the molecule is CCCCCCCCOc1ccccc1C(=O)Nc1ccccc1C(=O)OCC[N+](C)(CC)CC.[Br-]. The molecule has 0 heterocycles. The maximum Gasteiger partial charge on any atom is 0.340 e. The van der Waals surface area contributed by atoms with Gasteiger partial charge in [0, 0.05) is 0 Å². The van der Waals surface area contributed by atoms with Crippen LogP contribution in [0.3, 0.4) is 0 Å². The number of anilines is 1.